The van der Waals surface area contributed by atoms with E-state index in [9.17, 15) is 14.9 Å². The first-order valence-electron chi connectivity index (χ1n) is 7.43. The van der Waals surface area contributed by atoms with Crippen LogP contribution in [0.15, 0.2) is 59.7 Å². The fraction of sp³-hybridized carbons (Fsp3) is 0. The summed E-state index contributed by atoms with van der Waals surface area (Å²) in [6, 6.07) is 14.9. The number of hydrazone groups is 1. The van der Waals surface area contributed by atoms with Gasteiger partial charge < -0.3 is 0 Å². The van der Waals surface area contributed by atoms with Crippen LogP contribution in [0.5, 0.6) is 0 Å². The van der Waals surface area contributed by atoms with Crippen LogP contribution in [0.3, 0.4) is 0 Å². The molecule has 2 N–H and O–H groups in total. The van der Waals surface area contributed by atoms with Crippen molar-refractivity contribution in [3.63, 3.8) is 0 Å². The Bertz CT molecular complexity index is 985. The first kappa shape index (κ1) is 17.3. The third-order valence-electron chi connectivity index (χ3n) is 3.45. The summed E-state index contributed by atoms with van der Waals surface area (Å²) in [7, 11) is 0. The number of hydrogen-bond donors (Lipinski definition) is 2. The van der Waals surface area contributed by atoms with Gasteiger partial charge in [0.15, 0.2) is 0 Å². The molecule has 26 heavy (non-hydrogen) atoms. The number of rotatable bonds is 5. The second kappa shape index (κ2) is 7.58. The number of H-pyrrole nitrogens is 1. The highest BCUT2D eigenvalue weighted by Gasteiger charge is 2.11. The summed E-state index contributed by atoms with van der Waals surface area (Å²) in [5.41, 5.74) is 4.24. The van der Waals surface area contributed by atoms with Gasteiger partial charge in [-0.3, -0.25) is 20.0 Å². The topological polar surface area (TPSA) is 113 Å². The number of carbonyl (C=O) groups is 1. The van der Waals surface area contributed by atoms with Gasteiger partial charge in [0.1, 0.15) is 5.69 Å². The predicted molar refractivity (Wildman–Crippen MR) is 97.2 cm³/mol. The minimum atomic E-state index is -0.540. The minimum Gasteiger partial charge on any atom is -0.272 e. The van der Waals surface area contributed by atoms with Gasteiger partial charge in [0.25, 0.3) is 11.6 Å². The number of nitrogens with zero attached hydrogens (tertiary/aromatic N) is 3. The Morgan fingerprint density at radius 3 is 2.73 bits per heavy atom. The largest absolute Gasteiger partial charge is 0.289 e. The summed E-state index contributed by atoms with van der Waals surface area (Å²) in [4.78, 5) is 22.4. The van der Waals surface area contributed by atoms with E-state index >= 15 is 0 Å². The molecule has 130 valence electrons. The van der Waals surface area contributed by atoms with Crippen molar-refractivity contribution in [3.8, 4) is 11.3 Å². The van der Waals surface area contributed by atoms with Crippen molar-refractivity contribution in [1.82, 2.24) is 15.6 Å². The molecule has 1 heterocycles. The van der Waals surface area contributed by atoms with E-state index in [2.05, 4.69) is 20.7 Å². The number of hydrogen-bond acceptors (Lipinski definition) is 5. The first-order valence-corrected chi connectivity index (χ1v) is 7.80. The average Bonchev–Trinajstić information content (AvgIpc) is 3.14. The van der Waals surface area contributed by atoms with Crippen molar-refractivity contribution in [1.29, 1.82) is 0 Å². The van der Waals surface area contributed by atoms with Crippen molar-refractivity contribution < 1.29 is 9.72 Å². The summed E-state index contributed by atoms with van der Waals surface area (Å²) >= 11 is 5.96. The van der Waals surface area contributed by atoms with Crippen LogP contribution in [-0.4, -0.2) is 27.2 Å². The molecule has 0 bridgehead atoms. The Kier molecular flexibility index (Phi) is 5.04. The molecular formula is C17H12ClN5O3. The average molecular weight is 370 g/mol. The number of nitro benzene ring substituents is 1. The van der Waals surface area contributed by atoms with Crippen molar-refractivity contribution in [2.75, 3.05) is 0 Å². The molecule has 2 aromatic carbocycles. The van der Waals surface area contributed by atoms with Gasteiger partial charge in [-0.2, -0.15) is 10.2 Å². The van der Waals surface area contributed by atoms with Gasteiger partial charge in [0.05, 0.1) is 16.8 Å². The number of carbonyl (C=O) groups excluding carboxylic acids is 1. The molecule has 0 aliphatic carbocycles. The van der Waals surface area contributed by atoms with Gasteiger partial charge >= 0.3 is 0 Å². The molecule has 9 heteroatoms. The zero-order valence-corrected chi connectivity index (χ0v) is 14.0. The smallest absolute Gasteiger partial charge is 0.272 e. The van der Waals surface area contributed by atoms with E-state index < -0.39 is 10.8 Å². The van der Waals surface area contributed by atoms with E-state index in [4.69, 9.17) is 11.6 Å². The number of aromatic nitrogens is 2. The molecule has 0 fully saturated rings. The van der Waals surface area contributed by atoms with Crippen LogP contribution in [-0.2, 0) is 0 Å². The molecule has 0 saturated carbocycles. The first-order chi connectivity index (χ1) is 12.5. The molecule has 3 aromatic rings. The standard InChI is InChI=1S/C17H12ClN5O3/c18-14-7-6-13(23(25)26)8-12(14)10-19-22-17(24)16-9-15(20-21-16)11-4-2-1-3-5-11/h1-10H,(H,20,21)(H,22,24)/b19-10-. The zero-order valence-electron chi connectivity index (χ0n) is 13.2. The molecule has 0 aliphatic rings. The highest BCUT2D eigenvalue weighted by Crippen LogP contribution is 2.20. The number of halogens is 1. The normalized spacial score (nSPS) is 10.8. The van der Waals surface area contributed by atoms with Gasteiger partial charge in [-0.1, -0.05) is 41.9 Å². The monoisotopic (exact) mass is 369 g/mol. The molecule has 0 radical (unpaired) electrons. The summed E-state index contributed by atoms with van der Waals surface area (Å²) in [5.74, 6) is -0.502. The van der Waals surface area contributed by atoms with E-state index in [1.54, 1.807) is 6.07 Å². The zero-order chi connectivity index (χ0) is 18.5. The van der Waals surface area contributed by atoms with E-state index in [-0.39, 0.29) is 16.4 Å². The number of aromatic amines is 1. The van der Waals surface area contributed by atoms with E-state index in [1.165, 1.54) is 24.4 Å². The highest BCUT2D eigenvalue weighted by molar-refractivity contribution is 6.33. The van der Waals surface area contributed by atoms with Crippen molar-refractivity contribution in [2.24, 2.45) is 5.10 Å². The number of nitro groups is 1. The van der Waals surface area contributed by atoms with Crippen LogP contribution in [0, 0.1) is 10.1 Å². The van der Waals surface area contributed by atoms with Crippen LogP contribution in [0.1, 0.15) is 16.1 Å². The molecule has 0 spiro atoms. The second-order valence-electron chi connectivity index (χ2n) is 5.19. The van der Waals surface area contributed by atoms with Gasteiger partial charge in [0.2, 0.25) is 0 Å². The summed E-state index contributed by atoms with van der Waals surface area (Å²) in [5, 5.41) is 21.6. The number of amides is 1. The Labute approximate surface area is 152 Å². The number of nitrogens with one attached hydrogen (secondary N) is 2. The van der Waals surface area contributed by atoms with Gasteiger partial charge in [0, 0.05) is 28.3 Å². The molecular weight excluding hydrogens is 358 g/mol. The molecule has 1 aromatic heterocycles. The van der Waals surface area contributed by atoms with Crippen LogP contribution in [0.2, 0.25) is 5.02 Å². The maximum absolute atomic E-state index is 12.1. The third-order valence-corrected chi connectivity index (χ3v) is 3.80. The Morgan fingerprint density at radius 2 is 2.00 bits per heavy atom. The molecule has 1 amide bonds. The maximum Gasteiger partial charge on any atom is 0.289 e. The van der Waals surface area contributed by atoms with Crippen molar-refractivity contribution in [3.05, 3.63) is 81.0 Å². The van der Waals surface area contributed by atoms with Gasteiger partial charge in [-0.05, 0) is 12.1 Å². The molecule has 3 rings (SSSR count). The van der Waals surface area contributed by atoms with Crippen molar-refractivity contribution in [2.45, 2.75) is 0 Å². The van der Waals surface area contributed by atoms with Crippen LogP contribution in [0.25, 0.3) is 11.3 Å². The van der Waals surface area contributed by atoms with Crippen LogP contribution >= 0.6 is 11.6 Å². The fourth-order valence-electron chi connectivity index (χ4n) is 2.16. The summed E-state index contributed by atoms with van der Waals surface area (Å²) < 4.78 is 0. The lowest BCUT2D eigenvalue weighted by Gasteiger charge is -1.99. The van der Waals surface area contributed by atoms with Gasteiger partial charge in [-0.25, -0.2) is 5.43 Å². The lowest BCUT2D eigenvalue weighted by atomic mass is 10.1. The van der Waals surface area contributed by atoms with Crippen LogP contribution < -0.4 is 5.43 Å². The fourth-order valence-corrected chi connectivity index (χ4v) is 2.33. The van der Waals surface area contributed by atoms with Crippen LogP contribution in [0.4, 0.5) is 5.69 Å². The van der Waals surface area contributed by atoms with Crippen molar-refractivity contribution >= 4 is 29.4 Å². The molecule has 0 aliphatic heterocycles. The molecule has 0 saturated heterocycles. The molecule has 0 unspecified atom stereocenters. The number of non-ortho nitro benzene ring substituents is 1. The Morgan fingerprint density at radius 1 is 1.23 bits per heavy atom. The van der Waals surface area contributed by atoms with Gasteiger partial charge in [-0.15, -0.1) is 0 Å². The SMILES string of the molecule is O=C(N/N=C\c1cc([N+](=O)[O-])ccc1Cl)c1cc(-c2ccccc2)n[nH]1. The lowest BCUT2D eigenvalue weighted by molar-refractivity contribution is -0.384. The molecule has 0 atom stereocenters. The summed E-state index contributed by atoms with van der Waals surface area (Å²) in [6.45, 7) is 0. The second-order valence-corrected chi connectivity index (χ2v) is 5.60. The molecule has 8 nitrogen and oxygen atoms in total. The van der Waals surface area contributed by atoms with E-state index in [1.807, 2.05) is 30.3 Å². The summed E-state index contributed by atoms with van der Waals surface area (Å²) in [6.07, 6.45) is 1.24. The Hall–Kier alpha value is -3.52. The highest BCUT2D eigenvalue weighted by atomic mass is 35.5. The van der Waals surface area contributed by atoms with E-state index in [0.717, 1.165) is 5.56 Å². The predicted octanol–water partition coefficient (Wildman–Crippen LogP) is 3.40. The lowest BCUT2D eigenvalue weighted by Crippen LogP contribution is -2.18. The quantitative estimate of drug-likeness (QED) is 0.407. The minimum absolute atomic E-state index is 0.122. The number of benzene rings is 2. The maximum atomic E-state index is 12.1. The van der Waals surface area contributed by atoms with E-state index in [0.29, 0.717) is 11.3 Å². The third kappa shape index (κ3) is 3.93. The Balaban J connectivity index is 1.70.